The van der Waals surface area contributed by atoms with Crippen LogP contribution in [-0.2, 0) is 9.59 Å². The van der Waals surface area contributed by atoms with Crippen LogP contribution >= 0.6 is 11.8 Å². The quantitative estimate of drug-likeness (QED) is 0.619. The van der Waals surface area contributed by atoms with Crippen LogP contribution < -0.4 is 9.47 Å². The summed E-state index contributed by atoms with van der Waals surface area (Å²) in [6.45, 7) is -0.0297. The van der Waals surface area contributed by atoms with Gasteiger partial charge in [-0.25, -0.2) is 9.78 Å². The molecule has 1 saturated heterocycles. The number of aromatic nitrogens is 1. The lowest BCUT2D eigenvalue weighted by Crippen LogP contribution is -2.33. The van der Waals surface area contributed by atoms with Crippen LogP contribution in [0.1, 0.15) is 0 Å². The number of esters is 1. The molecule has 1 aliphatic rings. The highest BCUT2D eigenvalue weighted by molar-refractivity contribution is 8.00. The molecule has 0 bridgehead atoms. The summed E-state index contributed by atoms with van der Waals surface area (Å²) in [7, 11) is 0. The second-order valence-electron chi connectivity index (χ2n) is 4.78. The Hall–Kier alpha value is -2.54. The van der Waals surface area contributed by atoms with Crippen molar-refractivity contribution < 1.29 is 19.1 Å². The summed E-state index contributed by atoms with van der Waals surface area (Å²) in [5.41, 5.74) is 0. The molecule has 0 N–H and O–H groups in total. The lowest BCUT2D eigenvalue weighted by molar-refractivity contribution is -0.140. The number of amides is 1. The van der Waals surface area contributed by atoms with E-state index in [1.807, 2.05) is 6.07 Å². The Kier molecular flexibility index (Phi) is 4.77. The zero-order valence-corrected chi connectivity index (χ0v) is 13.0. The fourth-order valence-corrected chi connectivity index (χ4v) is 2.87. The van der Waals surface area contributed by atoms with E-state index in [9.17, 15) is 9.59 Å². The topological polar surface area (TPSA) is 68.7 Å². The van der Waals surface area contributed by atoms with Gasteiger partial charge in [0.2, 0.25) is 11.8 Å². The van der Waals surface area contributed by atoms with E-state index in [2.05, 4.69) is 4.98 Å². The van der Waals surface area contributed by atoms with Crippen LogP contribution in [0.25, 0.3) is 0 Å². The van der Waals surface area contributed by atoms with Crippen LogP contribution in [0, 0.1) is 0 Å². The van der Waals surface area contributed by atoms with Crippen molar-refractivity contribution in [1.82, 2.24) is 9.88 Å². The maximum absolute atomic E-state index is 11.8. The van der Waals surface area contributed by atoms with E-state index in [4.69, 9.17) is 9.47 Å². The molecule has 1 aliphatic heterocycles. The standard InChI is InChI=1S/C16H14N2O4S/c19-15-10-23-11-18(15)9-16(20)22-13-6-4-12(5-7-13)21-14-3-1-2-8-17-14/h1-8H,9-11H2. The van der Waals surface area contributed by atoms with Crippen LogP contribution in [0.15, 0.2) is 48.7 Å². The monoisotopic (exact) mass is 330 g/mol. The summed E-state index contributed by atoms with van der Waals surface area (Å²) in [5.74, 6) is 1.95. The van der Waals surface area contributed by atoms with E-state index >= 15 is 0 Å². The number of hydrogen-bond acceptors (Lipinski definition) is 6. The molecule has 0 radical (unpaired) electrons. The third-order valence-corrected chi connectivity index (χ3v) is 4.01. The number of pyridine rings is 1. The molecule has 1 amide bonds. The summed E-state index contributed by atoms with van der Waals surface area (Å²) >= 11 is 1.49. The predicted molar refractivity (Wildman–Crippen MR) is 85.4 cm³/mol. The highest BCUT2D eigenvalue weighted by Gasteiger charge is 2.23. The summed E-state index contributed by atoms with van der Waals surface area (Å²) in [4.78, 5) is 28.8. The Bertz CT molecular complexity index is 691. The molecule has 1 aromatic heterocycles. The second-order valence-corrected chi connectivity index (χ2v) is 5.74. The van der Waals surface area contributed by atoms with Crippen LogP contribution in [0.4, 0.5) is 0 Å². The molecule has 3 rings (SSSR count). The van der Waals surface area contributed by atoms with Gasteiger partial charge in [-0.3, -0.25) is 4.79 Å². The third-order valence-electron chi connectivity index (χ3n) is 3.06. The molecule has 0 atom stereocenters. The van der Waals surface area contributed by atoms with Gasteiger partial charge >= 0.3 is 5.97 Å². The molecular weight excluding hydrogens is 316 g/mol. The van der Waals surface area contributed by atoms with Gasteiger partial charge in [0, 0.05) is 12.3 Å². The average Bonchev–Trinajstić information content (AvgIpc) is 2.95. The maximum Gasteiger partial charge on any atom is 0.331 e. The van der Waals surface area contributed by atoms with Crippen molar-refractivity contribution in [2.45, 2.75) is 0 Å². The van der Waals surface area contributed by atoms with E-state index in [0.29, 0.717) is 29.0 Å². The van der Waals surface area contributed by atoms with Gasteiger partial charge in [0.25, 0.3) is 0 Å². The van der Waals surface area contributed by atoms with E-state index in [-0.39, 0.29) is 12.5 Å². The first kappa shape index (κ1) is 15.4. The number of rotatable bonds is 5. The molecule has 0 spiro atoms. The number of nitrogens with zero attached hydrogens (tertiary/aromatic N) is 2. The molecule has 23 heavy (non-hydrogen) atoms. The minimum Gasteiger partial charge on any atom is -0.439 e. The van der Waals surface area contributed by atoms with Gasteiger partial charge in [0.05, 0.1) is 11.6 Å². The molecule has 0 aliphatic carbocycles. The van der Waals surface area contributed by atoms with Gasteiger partial charge in [-0.2, -0.15) is 0 Å². The van der Waals surface area contributed by atoms with Crippen LogP contribution in [0.2, 0.25) is 0 Å². The van der Waals surface area contributed by atoms with Crippen molar-refractivity contribution in [3.05, 3.63) is 48.7 Å². The zero-order valence-electron chi connectivity index (χ0n) is 12.2. The SMILES string of the molecule is O=C(CN1CSCC1=O)Oc1ccc(Oc2ccccn2)cc1. The number of thioether (sulfide) groups is 1. The number of carbonyl (C=O) groups is 2. The number of hydrogen-bond donors (Lipinski definition) is 0. The van der Waals surface area contributed by atoms with Gasteiger partial charge in [-0.15, -0.1) is 11.8 Å². The second kappa shape index (κ2) is 7.15. The van der Waals surface area contributed by atoms with Crippen LogP contribution in [0.5, 0.6) is 17.4 Å². The van der Waals surface area contributed by atoms with E-state index in [1.165, 1.54) is 16.7 Å². The zero-order chi connectivity index (χ0) is 16.1. The number of benzene rings is 1. The normalized spacial score (nSPS) is 13.9. The summed E-state index contributed by atoms with van der Waals surface area (Å²) < 4.78 is 10.8. The third kappa shape index (κ3) is 4.23. The molecule has 118 valence electrons. The first-order chi connectivity index (χ1) is 11.2. The van der Waals surface area contributed by atoms with Crippen molar-refractivity contribution in [2.24, 2.45) is 0 Å². The lowest BCUT2D eigenvalue weighted by atomic mass is 10.3. The van der Waals surface area contributed by atoms with E-state index in [1.54, 1.807) is 42.6 Å². The number of ether oxygens (including phenoxy) is 2. The Morgan fingerprint density at radius 1 is 1.17 bits per heavy atom. The molecule has 0 saturated carbocycles. The number of carbonyl (C=O) groups excluding carboxylic acids is 2. The van der Waals surface area contributed by atoms with E-state index < -0.39 is 5.97 Å². The Labute approximate surface area is 137 Å². The molecule has 2 aromatic rings. The van der Waals surface area contributed by atoms with Gasteiger partial charge in [0.1, 0.15) is 18.0 Å². The highest BCUT2D eigenvalue weighted by atomic mass is 32.2. The van der Waals surface area contributed by atoms with Crippen LogP contribution in [0.3, 0.4) is 0 Å². The summed E-state index contributed by atoms with van der Waals surface area (Å²) in [5, 5.41) is 0. The fourth-order valence-electron chi connectivity index (χ4n) is 1.96. The molecule has 6 nitrogen and oxygen atoms in total. The molecule has 7 heteroatoms. The molecular formula is C16H14N2O4S. The van der Waals surface area contributed by atoms with Gasteiger partial charge < -0.3 is 14.4 Å². The van der Waals surface area contributed by atoms with Crippen LogP contribution in [-0.4, -0.2) is 39.9 Å². The lowest BCUT2D eigenvalue weighted by Gasteiger charge is -2.13. The predicted octanol–water partition coefficient (Wildman–Crippen LogP) is 2.31. The Morgan fingerprint density at radius 2 is 1.96 bits per heavy atom. The minimum atomic E-state index is -0.459. The van der Waals surface area contributed by atoms with Gasteiger partial charge in [0.15, 0.2) is 0 Å². The Balaban J connectivity index is 1.55. The summed E-state index contributed by atoms with van der Waals surface area (Å²) in [6.07, 6.45) is 1.64. The van der Waals surface area contributed by atoms with Gasteiger partial charge in [-0.05, 0) is 30.3 Å². The maximum atomic E-state index is 11.8. The largest absolute Gasteiger partial charge is 0.439 e. The smallest absolute Gasteiger partial charge is 0.331 e. The highest BCUT2D eigenvalue weighted by Crippen LogP contribution is 2.22. The molecule has 2 heterocycles. The first-order valence-electron chi connectivity index (χ1n) is 6.96. The van der Waals surface area contributed by atoms with Crippen molar-refractivity contribution >= 4 is 23.6 Å². The first-order valence-corrected chi connectivity index (χ1v) is 8.11. The molecule has 0 unspecified atom stereocenters. The minimum absolute atomic E-state index is 0.0297. The van der Waals surface area contributed by atoms with Gasteiger partial charge in [-0.1, -0.05) is 6.07 Å². The average molecular weight is 330 g/mol. The Morgan fingerprint density at radius 3 is 2.61 bits per heavy atom. The van der Waals surface area contributed by atoms with Crippen molar-refractivity contribution in [3.63, 3.8) is 0 Å². The van der Waals surface area contributed by atoms with Crippen molar-refractivity contribution in [3.8, 4) is 17.4 Å². The van der Waals surface area contributed by atoms with Crippen molar-refractivity contribution in [1.29, 1.82) is 0 Å². The van der Waals surface area contributed by atoms with Crippen molar-refractivity contribution in [2.75, 3.05) is 18.2 Å². The summed E-state index contributed by atoms with van der Waals surface area (Å²) in [6, 6.07) is 12.0. The fraction of sp³-hybridized carbons (Fsp3) is 0.188. The van der Waals surface area contributed by atoms with E-state index in [0.717, 1.165) is 0 Å². The molecule has 1 fully saturated rings. The molecule has 1 aromatic carbocycles.